The summed E-state index contributed by atoms with van der Waals surface area (Å²) in [5.74, 6) is -1.31. The minimum atomic E-state index is -4.77. The van der Waals surface area contributed by atoms with Gasteiger partial charge in [-0.3, -0.25) is 13.9 Å². The predicted molar refractivity (Wildman–Crippen MR) is 138 cm³/mol. The number of hydrogen-bond donors (Lipinski definition) is 1. The van der Waals surface area contributed by atoms with Gasteiger partial charge in [0.1, 0.15) is 12.6 Å². The number of anilines is 1. The molecule has 0 fully saturated rings. The number of nitrogens with zero attached hydrogens (tertiary/aromatic N) is 2. The smallest absolute Gasteiger partial charge is 0.354 e. The first-order valence-electron chi connectivity index (χ1n) is 11.3. The molecule has 0 aliphatic carbocycles. The number of unbranched alkanes of at least 4 members (excludes halogenated alkanes) is 1. The fourth-order valence-corrected chi connectivity index (χ4v) is 4.72. The maximum atomic E-state index is 13.5. The fourth-order valence-electron chi connectivity index (χ4n) is 3.40. The number of rotatable bonds is 11. The zero-order chi connectivity index (χ0) is 28.0. The third-order valence-electron chi connectivity index (χ3n) is 5.52. The zero-order valence-corrected chi connectivity index (χ0v) is 22.8. The molecule has 2 rings (SSSR count). The fraction of sp³-hybridized carbons (Fsp3) is 0.417. The maximum Gasteiger partial charge on any atom is 0.416 e. The highest BCUT2D eigenvalue weighted by atomic mass is 35.5. The van der Waals surface area contributed by atoms with Crippen molar-refractivity contribution in [3.63, 3.8) is 0 Å². The van der Waals surface area contributed by atoms with Crippen molar-refractivity contribution in [3.05, 3.63) is 63.6 Å². The zero-order valence-electron chi connectivity index (χ0n) is 20.5. The third-order valence-corrected chi connectivity index (χ3v) is 7.33. The first-order valence-corrected chi connectivity index (χ1v) is 13.9. The lowest BCUT2D eigenvalue weighted by atomic mass is 10.1. The van der Waals surface area contributed by atoms with Crippen molar-refractivity contribution in [2.45, 2.75) is 45.5 Å². The van der Waals surface area contributed by atoms with Crippen LogP contribution in [0.1, 0.15) is 37.8 Å². The molecule has 2 aromatic rings. The van der Waals surface area contributed by atoms with Crippen molar-refractivity contribution >= 4 is 50.7 Å². The van der Waals surface area contributed by atoms with E-state index in [0.717, 1.165) is 23.6 Å². The summed E-state index contributed by atoms with van der Waals surface area (Å²) in [5.41, 5.74) is -1.15. The molecule has 2 amide bonds. The van der Waals surface area contributed by atoms with E-state index in [0.29, 0.717) is 40.0 Å². The Morgan fingerprint density at radius 3 is 2.30 bits per heavy atom. The Morgan fingerprint density at radius 2 is 1.73 bits per heavy atom. The van der Waals surface area contributed by atoms with Gasteiger partial charge in [0.25, 0.3) is 0 Å². The number of alkyl halides is 3. The first kappa shape index (κ1) is 30.7. The van der Waals surface area contributed by atoms with Crippen LogP contribution in [-0.4, -0.2) is 50.5 Å². The Balaban J connectivity index is 2.48. The van der Waals surface area contributed by atoms with Gasteiger partial charge in [-0.1, -0.05) is 54.7 Å². The third kappa shape index (κ3) is 8.51. The summed E-state index contributed by atoms with van der Waals surface area (Å²) < 4.78 is 65.6. The molecule has 0 radical (unpaired) electrons. The van der Waals surface area contributed by atoms with Gasteiger partial charge in [-0.05, 0) is 43.2 Å². The van der Waals surface area contributed by atoms with Crippen LogP contribution in [0.2, 0.25) is 10.0 Å². The molecule has 0 saturated heterocycles. The number of carbonyl (C=O) groups is 2. The Hall–Kier alpha value is -2.50. The normalized spacial score (nSPS) is 12.6. The van der Waals surface area contributed by atoms with E-state index in [9.17, 15) is 31.2 Å². The van der Waals surface area contributed by atoms with Gasteiger partial charge < -0.3 is 10.2 Å². The maximum absolute atomic E-state index is 13.5. The average Bonchev–Trinajstić information content (AvgIpc) is 2.80. The molecular formula is C24H28Cl2F3N3O4S. The number of amides is 2. The number of nitrogens with one attached hydrogen (secondary N) is 1. The minimum Gasteiger partial charge on any atom is -0.354 e. The van der Waals surface area contributed by atoms with Crippen molar-refractivity contribution < 1.29 is 31.2 Å². The molecule has 1 atom stereocenters. The Morgan fingerprint density at radius 1 is 1.08 bits per heavy atom. The van der Waals surface area contributed by atoms with Gasteiger partial charge in [-0.25, -0.2) is 8.42 Å². The van der Waals surface area contributed by atoms with E-state index in [2.05, 4.69) is 5.32 Å². The summed E-state index contributed by atoms with van der Waals surface area (Å²) in [4.78, 5) is 27.4. The second kappa shape index (κ2) is 12.8. The quantitative estimate of drug-likeness (QED) is 0.373. The van der Waals surface area contributed by atoms with E-state index in [1.54, 1.807) is 24.3 Å². The monoisotopic (exact) mass is 581 g/mol. The topological polar surface area (TPSA) is 86.8 Å². The number of halogens is 5. The lowest BCUT2D eigenvalue weighted by Gasteiger charge is -2.32. The average molecular weight is 582 g/mol. The Bertz CT molecular complexity index is 1230. The molecule has 0 heterocycles. The van der Waals surface area contributed by atoms with E-state index in [1.807, 2.05) is 6.92 Å². The van der Waals surface area contributed by atoms with Crippen molar-refractivity contribution in [2.75, 3.05) is 23.7 Å². The molecule has 2 aromatic carbocycles. The van der Waals surface area contributed by atoms with Crippen molar-refractivity contribution in [1.29, 1.82) is 0 Å². The SMILES string of the molecule is CCCCNC(=O)[C@H](C)N(Cc1ccccc1Cl)C(=O)CN(c1cc(C(F)(F)F)ccc1Cl)S(C)(=O)=O. The van der Waals surface area contributed by atoms with Crippen LogP contribution >= 0.6 is 23.2 Å². The lowest BCUT2D eigenvalue weighted by molar-refractivity contribution is -0.139. The second-order valence-electron chi connectivity index (χ2n) is 8.37. The van der Waals surface area contributed by atoms with E-state index >= 15 is 0 Å². The molecule has 204 valence electrons. The van der Waals surface area contributed by atoms with E-state index < -0.39 is 51.9 Å². The highest BCUT2D eigenvalue weighted by molar-refractivity contribution is 7.92. The Kier molecular flexibility index (Phi) is 10.7. The number of sulfonamides is 1. The molecule has 37 heavy (non-hydrogen) atoms. The molecular weight excluding hydrogens is 554 g/mol. The summed E-state index contributed by atoms with van der Waals surface area (Å²) >= 11 is 12.3. The van der Waals surface area contributed by atoms with Crippen LogP contribution in [0.5, 0.6) is 0 Å². The van der Waals surface area contributed by atoms with Gasteiger partial charge in [0.05, 0.1) is 22.5 Å². The van der Waals surface area contributed by atoms with Crippen LogP contribution < -0.4 is 9.62 Å². The molecule has 0 saturated carbocycles. The largest absolute Gasteiger partial charge is 0.416 e. The number of hydrogen-bond acceptors (Lipinski definition) is 4. The molecule has 0 aliphatic rings. The van der Waals surface area contributed by atoms with Crippen LogP contribution in [0.25, 0.3) is 0 Å². The van der Waals surface area contributed by atoms with Gasteiger partial charge in [0.15, 0.2) is 0 Å². The molecule has 0 spiro atoms. The van der Waals surface area contributed by atoms with Crippen molar-refractivity contribution in [2.24, 2.45) is 0 Å². The molecule has 7 nitrogen and oxygen atoms in total. The van der Waals surface area contributed by atoms with Gasteiger partial charge in [-0.15, -0.1) is 0 Å². The van der Waals surface area contributed by atoms with Crippen LogP contribution in [0.3, 0.4) is 0 Å². The summed E-state index contributed by atoms with van der Waals surface area (Å²) in [5, 5.41) is 2.75. The van der Waals surface area contributed by atoms with Gasteiger partial charge in [-0.2, -0.15) is 13.2 Å². The highest BCUT2D eigenvalue weighted by Crippen LogP contribution is 2.36. The van der Waals surface area contributed by atoms with Gasteiger partial charge in [0.2, 0.25) is 21.8 Å². The number of benzene rings is 2. The summed E-state index contributed by atoms with van der Waals surface area (Å²) in [7, 11) is -4.27. The molecule has 0 aliphatic heterocycles. The van der Waals surface area contributed by atoms with Crippen LogP contribution in [-0.2, 0) is 32.3 Å². The van der Waals surface area contributed by atoms with Crippen molar-refractivity contribution in [3.8, 4) is 0 Å². The predicted octanol–water partition coefficient (Wildman–Crippen LogP) is 5.11. The van der Waals surface area contributed by atoms with Crippen molar-refractivity contribution in [1.82, 2.24) is 10.2 Å². The standard InChI is InChI=1S/C24H28Cl2F3N3O4S/c1-4-5-12-30-23(34)16(2)31(14-17-8-6-7-9-19(17)25)22(33)15-32(37(3,35)36)21-13-18(24(27,28)29)10-11-20(21)26/h6-11,13,16H,4-5,12,14-15H2,1-3H3,(H,30,34)/t16-/m0/s1. The summed E-state index contributed by atoms with van der Waals surface area (Å²) in [6.45, 7) is 2.76. The summed E-state index contributed by atoms with van der Waals surface area (Å²) in [6, 6.07) is 7.74. The molecule has 13 heteroatoms. The molecule has 0 bridgehead atoms. The van der Waals surface area contributed by atoms with Crippen LogP contribution in [0, 0.1) is 0 Å². The van der Waals surface area contributed by atoms with E-state index in [4.69, 9.17) is 23.2 Å². The first-order chi connectivity index (χ1) is 17.2. The Labute approximate surface area is 224 Å². The summed E-state index contributed by atoms with van der Waals surface area (Å²) in [6.07, 6.45) is -2.48. The van der Waals surface area contributed by atoms with Crippen LogP contribution in [0.15, 0.2) is 42.5 Å². The number of carbonyl (C=O) groups excluding carboxylic acids is 2. The van der Waals surface area contributed by atoms with Crippen LogP contribution in [0.4, 0.5) is 18.9 Å². The van der Waals surface area contributed by atoms with E-state index in [1.165, 1.54) is 6.92 Å². The van der Waals surface area contributed by atoms with E-state index in [-0.39, 0.29) is 11.6 Å². The second-order valence-corrected chi connectivity index (χ2v) is 11.1. The minimum absolute atomic E-state index is 0.144. The lowest BCUT2D eigenvalue weighted by Crippen LogP contribution is -2.51. The highest BCUT2D eigenvalue weighted by Gasteiger charge is 2.34. The molecule has 1 N–H and O–H groups in total. The van der Waals surface area contributed by atoms with Gasteiger partial charge >= 0.3 is 6.18 Å². The van der Waals surface area contributed by atoms with Gasteiger partial charge in [0, 0.05) is 18.1 Å². The molecule has 0 unspecified atom stereocenters. The molecule has 0 aromatic heterocycles.